The van der Waals surface area contributed by atoms with E-state index in [4.69, 9.17) is 0 Å². The van der Waals surface area contributed by atoms with Gasteiger partial charge in [0.25, 0.3) is 0 Å². The Morgan fingerprint density at radius 3 is 2.44 bits per heavy atom. The zero-order valence-corrected chi connectivity index (χ0v) is 8.25. The minimum atomic E-state index is -0.898. The molecule has 0 amide bonds. The molecule has 0 aromatic heterocycles. The van der Waals surface area contributed by atoms with E-state index in [0.717, 1.165) is 5.75 Å². The van der Waals surface area contributed by atoms with Crippen LogP contribution < -0.4 is 0 Å². The van der Waals surface area contributed by atoms with Gasteiger partial charge >= 0.3 is 0 Å². The normalized spacial score (nSPS) is 11.4. The number of allylic oxidation sites excluding steroid dienone is 1. The second-order valence-corrected chi connectivity index (χ2v) is 8.81. The average Bonchev–Trinajstić information content (AvgIpc) is 1.64. The minimum Gasteiger partial charge on any atom is -0.180 e. The molecule has 0 unspecified atom stereocenters. The zero-order chi connectivity index (χ0) is 7.33. The maximum Gasteiger partial charge on any atom is 0.0519 e. The molecule has 0 aromatic carbocycles. The summed E-state index contributed by atoms with van der Waals surface area (Å²) in [5, 5.41) is 0. The minimum absolute atomic E-state index is 0.898. The number of hydrogen-bond acceptors (Lipinski definition) is 1. The second kappa shape index (κ2) is 4.17. The van der Waals surface area contributed by atoms with Crippen LogP contribution in [0, 0.1) is 0 Å². The summed E-state index contributed by atoms with van der Waals surface area (Å²) < 4.78 is 0. The van der Waals surface area contributed by atoms with Crippen molar-refractivity contribution in [3.63, 3.8) is 0 Å². The molecular weight excluding hydrogens is 144 g/mol. The maximum atomic E-state index is 4.21. The number of thiol groups is 1. The highest BCUT2D eigenvalue weighted by molar-refractivity contribution is 7.80. The molecule has 9 heavy (non-hydrogen) atoms. The summed E-state index contributed by atoms with van der Waals surface area (Å²) in [7, 11) is -0.898. The van der Waals surface area contributed by atoms with Crippen LogP contribution in [0.3, 0.4) is 0 Å². The van der Waals surface area contributed by atoms with Crippen molar-refractivity contribution in [2.75, 3.05) is 5.75 Å². The third-order valence-electron chi connectivity index (χ3n) is 1.49. The first kappa shape index (κ1) is 9.31. The van der Waals surface area contributed by atoms with E-state index in [-0.39, 0.29) is 0 Å². The van der Waals surface area contributed by atoms with Gasteiger partial charge in [0.2, 0.25) is 0 Å². The van der Waals surface area contributed by atoms with Gasteiger partial charge in [0.1, 0.15) is 0 Å². The van der Waals surface area contributed by atoms with Gasteiger partial charge in [-0.1, -0.05) is 19.2 Å². The molecule has 0 aliphatic rings. The Hall–Kier alpha value is 0.307. The molecule has 0 aliphatic carbocycles. The van der Waals surface area contributed by atoms with E-state index < -0.39 is 8.07 Å². The lowest BCUT2D eigenvalue weighted by atomic mass is 10.8. The number of rotatable bonds is 4. The van der Waals surface area contributed by atoms with Crippen molar-refractivity contribution in [3.05, 3.63) is 12.7 Å². The van der Waals surface area contributed by atoms with Gasteiger partial charge in [-0.05, 0) is 17.8 Å². The molecule has 0 bridgehead atoms. The van der Waals surface area contributed by atoms with Crippen LogP contribution in [-0.4, -0.2) is 13.8 Å². The van der Waals surface area contributed by atoms with Crippen molar-refractivity contribution in [3.8, 4) is 0 Å². The smallest absolute Gasteiger partial charge is 0.0519 e. The van der Waals surface area contributed by atoms with Crippen LogP contribution in [-0.2, 0) is 0 Å². The SMILES string of the molecule is C=CC[Si](C)(C)CCS. The standard InChI is InChI=1S/C7H16SSi/c1-4-6-9(2,3)7-5-8/h4,8H,1,5-7H2,2-3H3. The quantitative estimate of drug-likeness (QED) is 0.365. The van der Waals surface area contributed by atoms with Crippen LogP contribution in [0.5, 0.6) is 0 Å². The molecule has 0 aliphatic heterocycles. The molecule has 0 fully saturated rings. The Kier molecular flexibility index (Phi) is 4.32. The summed E-state index contributed by atoms with van der Waals surface area (Å²) in [5.41, 5.74) is 0. The van der Waals surface area contributed by atoms with Crippen molar-refractivity contribution >= 4 is 20.7 Å². The van der Waals surface area contributed by atoms with E-state index in [2.05, 4.69) is 32.3 Å². The summed E-state index contributed by atoms with van der Waals surface area (Å²) in [6.45, 7) is 8.50. The third-order valence-corrected chi connectivity index (χ3v) is 5.13. The maximum absolute atomic E-state index is 4.21. The van der Waals surface area contributed by atoms with Crippen LogP contribution in [0.1, 0.15) is 0 Å². The van der Waals surface area contributed by atoms with E-state index in [9.17, 15) is 0 Å². The predicted molar refractivity (Wildman–Crippen MR) is 51.1 cm³/mol. The molecule has 0 saturated heterocycles. The van der Waals surface area contributed by atoms with Gasteiger partial charge in [0, 0.05) is 0 Å². The summed E-state index contributed by atoms with van der Waals surface area (Å²) in [6, 6.07) is 2.54. The molecule has 0 atom stereocenters. The molecule has 0 rings (SSSR count). The summed E-state index contributed by atoms with van der Waals surface area (Å²) in [4.78, 5) is 0. The highest BCUT2D eigenvalue weighted by Gasteiger charge is 2.16. The van der Waals surface area contributed by atoms with E-state index in [1.807, 2.05) is 6.08 Å². The summed E-state index contributed by atoms with van der Waals surface area (Å²) in [6.07, 6.45) is 2.04. The van der Waals surface area contributed by atoms with Gasteiger partial charge in [-0.15, -0.1) is 6.58 Å². The summed E-state index contributed by atoms with van der Waals surface area (Å²) in [5.74, 6) is 1.03. The van der Waals surface area contributed by atoms with E-state index in [1.165, 1.54) is 12.1 Å². The first-order valence-corrected chi connectivity index (χ1v) is 7.39. The Labute approximate surface area is 64.8 Å². The lowest BCUT2D eigenvalue weighted by Crippen LogP contribution is -2.24. The molecular formula is C7H16SSi. The van der Waals surface area contributed by atoms with Gasteiger partial charge < -0.3 is 0 Å². The Morgan fingerprint density at radius 1 is 1.56 bits per heavy atom. The van der Waals surface area contributed by atoms with Gasteiger partial charge in [-0.3, -0.25) is 0 Å². The second-order valence-electron chi connectivity index (χ2n) is 3.13. The van der Waals surface area contributed by atoms with Crippen molar-refractivity contribution in [1.29, 1.82) is 0 Å². The van der Waals surface area contributed by atoms with E-state index in [0.29, 0.717) is 0 Å². The number of hydrogen-bond donors (Lipinski definition) is 1. The van der Waals surface area contributed by atoms with Crippen molar-refractivity contribution in [2.24, 2.45) is 0 Å². The van der Waals surface area contributed by atoms with Gasteiger partial charge in [-0.25, -0.2) is 0 Å². The highest BCUT2D eigenvalue weighted by atomic mass is 32.1. The third kappa shape index (κ3) is 4.79. The fraction of sp³-hybridized carbons (Fsp3) is 0.714. The molecule has 0 nitrogen and oxygen atoms in total. The molecule has 2 heteroatoms. The molecule has 0 saturated carbocycles. The summed E-state index contributed by atoms with van der Waals surface area (Å²) >= 11 is 4.21. The molecule has 0 heterocycles. The first-order chi connectivity index (χ1) is 4.12. The molecule has 0 aromatic rings. The van der Waals surface area contributed by atoms with Gasteiger partial charge in [0.05, 0.1) is 8.07 Å². The van der Waals surface area contributed by atoms with Crippen LogP contribution in [0.15, 0.2) is 12.7 Å². The molecule has 54 valence electrons. The van der Waals surface area contributed by atoms with E-state index >= 15 is 0 Å². The largest absolute Gasteiger partial charge is 0.180 e. The molecule has 0 spiro atoms. The van der Waals surface area contributed by atoms with Crippen LogP contribution in [0.4, 0.5) is 0 Å². The van der Waals surface area contributed by atoms with Crippen LogP contribution >= 0.6 is 12.6 Å². The fourth-order valence-electron chi connectivity index (χ4n) is 0.795. The lowest BCUT2D eigenvalue weighted by molar-refractivity contribution is 1.33. The fourth-order valence-corrected chi connectivity index (χ4v) is 4.20. The highest BCUT2D eigenvalue weighted by Crippen LogP contribution is 2.15. The Bertz CT molecular complexity index is 88.9. The first-order valence-electron chi connectivity index (χ1n) is 3.34. The van der Waals surface area contributed by atoms with Crippen molar-refractivity contribution in [1.82, 2.24) is 0 Å². The zero-order valence-electron chi connectivity index (χ0n) is 6.35. The van der Waals surface area contributed by atoms with Gasteiger partial charge in [-0.2, -0.15) is 12.6 Å². The van der Waals surface area contributed by atoms with E-state index in [1.54, 1.807) is 0 Å². The van der Waals surface area contributed by atoms with Crippen LogP contribution in [0.25, 0.3) is 0 Å². The van der Waals surface area contributed by atoms with Crippen molar-refractivity contribution < 1.29 is 0 Å². The average molecular weight is 160 g/mol. The Balaban J connectivity index is 3.55. The predicted octanol–water partition coefficient (Wildman–Crippen LogP) is 2.81. The van der Waals surface area contributed by atoms with Crippen LogP contribution in [0.2, 0.25) is 25.2 Å². The van der Waals surface area contributed by atoms with Crippen molar-refractivity contribution in [2.45, 2.75) is 25.2 Å². The van der Waals surface area contributed by atoms with Gasteiger partial charge in [0.15, 0.2) is 0 Å². The molecule has 0 N–H and O–H groups in total. The Morgan fingerprint density at radius 2 is 2.11 bits per heavy atom. The topological polar surface area (TPSA) is 0 Å². The lowest BCUT2D eigenvalue weighted by Gasteiger charge is -2.18. The monoisotopic (exact) mass is 160 g/mol. The molecule has 0 radical (unpaired) electrons.